The van der Waals surface area contributed by atoms with Crippen molar-refractivity contribution in [3.8, 4) is 11.5 Å². The molecule has 2 heterocycles. The van der Waals surface area contributed by atoms with Crippen molar-refractivity contribution in [2.75, 3.05) is 11.9 Å². The number of amides is 1. The Labute approximate surface area is 138 Å². The molecule has 4 rings (SSSR count). The molecular formula is C16H10F2N2O3S. The molecular weight excluding hydrogens is 338 g/mol. The summed E-state index contributed by atoms with van der Waals surface area (Å²) in [6.45, 7) is 0.0523. The van der Waals surface area contributed by atoms with Crippen LogP contribution >= 0.6 is 11.3 Å². The average molecular weight is 348 g/mol. The predicted octanol–water partition coefficient (Wildman–Crippen LogP) is 3.35. The van der Waals surface area contributed by atoms with Gasteiger partial charge in [0.2, 0.25) is 6.10 Å². The maximum absolute atomic E-state index is 13.7. The van der Waals surface area contributed by atoms with Crippen LogP contribution in [0.25, 0.3) is 10.2 Å². The smallest absolute Gasteiger partial charge is 0.270 e. The van der Waals surface area contributed by atoms with Crippen LogP contribution in [0.3, 0.4) is 0 Å². The lowest BCUT2D eigenvalue weighted by atomic mass is 10.2. The van der Waals surface area contributed by atoms with Gasteiger partial charge in [0.15, 0.2) is 22.4 Å². The summed E-state index contributed by atoms with van der Waals surface area (Å²) in [7, 11) is 0. The van der Waals surface area contributed by atoms with Gasteiger partial charge in [0.05, 0.1) is 4.70 Å². The maximum atomic E-state index is 13.7. The summed E-state index contributed by atoms with van der Waals surface area (Å²) >= 11 is 0.984. The van der Waals surface area contributed by atoms with Gasteiger partial charge in [0, 0.05) is 6.07 Å². The van der Waals surface area contributed by atoms with Crippen LogP contribution in [0.15, 0.2) is 36.4 Å². The molecule has 0 aliphatic carbocycles. The van der Waals surface area contributed by atoms with Gasteiger partial charge in [0.1, 0.15) is 17.9 Å². The van der Waals surface area contributed by atoms with Crippen LogP contribution in [0.5, 0.6) is 11.5 Å². The number of aromatic nitrogens is 1. The molecule has 0 bridgehead atoms. The number of nitrogens with zero attached hydrogens (tertiary/aromatic N) is 1. The van der Waals surface area contributed by atoms with E-state index >= 15 is 0 Å². The second-order valence-electron chi connectivity index (χ2n) is 5.11. The summed E-state index contributed by atoms with van der Waals surface area (Å²) in [5, 5.41) is 2.72. The summed E-state index contributed by atoms with van der Waals surface area (Å²) in [6, 6.07) is 8.94. The number of nitrogens with one attached hydrogen (secondary N) is 1. The van der Waals surface area contributed by atoms with E-state index in [1.54, 1.807) is 24.3 Å². The molecule has 1 N–H and O–H groups in total. The van der Waals surface area contributed by atoms with Gasteiger partial charge in [-0.15, -0.1) is 0 Å². The number of benzene rings is 2. The molecule has 0 unspecified atom stereocenters. The molecule has 8 heteroatoms. The SMILES string of the molecule is O=C(Nc1nc2c(F)cc(F)cc2s1)[C@H]1COc2ccccc2O1. The van der Waals surface area contributed by atoms with Gasteiger partial charge >= 0.3 is 0 Å². The van der Waals surface area contributed by atoms with Crippen LogP contribution in [-0.4, -0.2) is 23.6 Å². The summed E-state index contributed by atoms with van der Waals surface area (Å²) in [4.78, 5) is 16.3. The third kappa shape index (κ3) is 2.65. The molecule has 2 aromatic carbocycles. The fraction of sp³-hybridized carbons (Fsp3) is 0.125. The summed E-state index contributed by atoms with van der Waals surface area (Å²) < 4.78 is 38.3. The molecule has 0 saturated heterocycles. The number of ether oxygens (including phenoxy) is 2. The van der Waals surface area contributed by atoms with E-state index < -0.39 is 23.6 Å². The number of fused-ring (bicyclic) bond motifs is 2. The second-order valence-corrected chi connectivity index (χ2v) is 6.14. The van der Waals surface area contributed by atoms with Gasteiger partial charge in [-0.1, -0.05) is 23.5 Å². The second kappa shape index (κ2) is 5.72. The molecule has 5 nitrogen and oxygen atoms in total. The molecule has 3 aromatic rings. The Morgan fingerprint density at radius 2 is 2.04 bits per heavy atom. The number of rotatable bonds is 2. The first-order valence-electron chi connectivity index (χ1n) is 7.05. The molecule has 1 aromatic heterocycles. The van der Waals surface area contributed by atoms with E-state index in [1.807, 2.05) is 0 Å². The van der Waals surface area contributed by atoms with E-state index in [0.717, 1.165) is 17.4 Å². The van der Waals surface area contributed by atoms with E-state index in [0.29, 0.717) is 16.2 Å². The quantitative estimate of drug-likeness (QED) is 0.772. The molecule has 0 spiro atoms. The summed E-state index contributed by atoms with van der Waals surface area (Å²) in [5.41, 5.74) is 0.0165. The zero-order valence-electron chi connectivity index (χ0n) is 12.1. The van der Waals surface area contributed by atoms with E-state index in [1.165, 1.54) is 6.07 Å². The highest BCUT2D eigenvalue weighted by Crippen LogP contribution is 2.32. The summed E-state index contributed by atoms with van der Waals surface area (Å²) in [6.07, 6.45) is -0.853. The van der Waals surface area contributed by atoms with Gasteiger partial charge in [-0.05, 0) is 18.2 Å². The normalized spacial score (nSPS) is 16.2. The first-order valence-corrected chi connectivity index (χ1v) is 7.87. The number of carbonyl (C=O) groups is 1. The number of para-hydroxylation sites is 2. The topological polar surface area (TPSA) is 60.5 Å². The van der Waals surface area contributed by atoms with Crippen LogP contribution < -0.4 is 14.8 Å². The monoisotopic (exact) mass is 348 g/mol. The Bertz CT molecular complexity index is 944. The highest BCUT2D eigenvalue weighted by Gasteiger charge is 2.28. The molecule has 1 amide bonds. The van der Waals surface area contributed by atoms with Crippen molar-refractivity contribution in [3.05, 3.63) is 48.0 Å². The lowest BCUT2D eigenvalue weighted by Gasteiger charge is -2.25. The molecule has 0 saturated carbocycles. The van der Waals surface area contributed by atoms with Crippen molar-refractivity contribution in [2.45, 2.75) is 6.10 Å². The molecule has 1 aliphatic rings. The Morgan fingerprint density at radius 3 is 2.88 bits per heavy atom. The number of halogens is 2. The van der Waals surface area contributed by atoms with Gasteiger partial charge in [0.25, 0.3) is 5.91 Å². The lowest BCUT2D eigenvalue weighted by Crippen LogP contribution is -2.40. The Hall–Kier alpha value is -2.74. The van der Waals surface area contributed by atoms with Gasteiger partial charge < -0.3 is 9.47 Å². The van der Waals surface area contributed by atoms with Crippen molar-refractivity contribution in [2.24, 2.45) is 0 Å². The highest BCUT2D eigenvalue weighted by molar-refractivity contribution is 7.22. The van der Waals surface area contributed by atoms with Gasteiger partial charge in [-0.2, -0.15) is 0 Å². The highest BCUT2D eigenvalue weighted by atomic mass is 32.1. The first-order chi connectivity index (χ1) is 11.6. The van der Waals surface area contributed by atoms with Crippen LogP contribution in [0, 0.1) is 11.6 Å². The number of anilines is 1. The third-order valence-electron chi connectivity index (χ3n) is 3.44. The number of hydrogen-bond donors (Lipinski definition) is 1. The van der Waals surface area contributed by atoms with Crippen molar-refractivity contribution in [1.29, 1.82) is 0 Å². The van der Waals surface area contributed by atoms with Crippen LogP contribution in [-0.2, 0) is 4.79 Å². The minimum absolute atomic E-state index is 0.0165. The third-order valence-corrected chi connectivity index (χ3v) is 4.36. The van der Waals surface area contributed by atoms with Gasteiger partial charge in [-0.25, -0.2) is 13.8 Å². The Morgan fingerprint density at radius 1 is 1.25 bits per heavy atom. The van der Waals surface area contributed by atoms with Crippen LogP contribution in [0.4, 0.5) is 13.9 Å². The minimum Gasteiger partial charge on any atom is -0.485 e. The van der Waals surface area contributed by atoms with Crippen molar-refractivity contribution in [3.63, 3.8) is 0 Å². The van der Waals surface area contributed by atoms with Crippen molar-refractivity contribution < 1.29 is 23.0 Å². The van der Waals surface area contributed by atoms with E-state index in [-0.39, 0.29) is 17.3 Å². The first kappa shape index (κ1) is 14.8. The minimum atomic E-state index is -0.853. The standard InChI is InChI=1S/C16H10F2N2O3S/c17-8-5-9(18)14-13(6-8)24-16(19-14)20-15(21)12-7-22-10-3-1-2-4-11(10)23-12/h1-6,12H,7H2,(H,19,20,21)/t12-/m1/s1. The molecule has 0 radical (unpaired) electrons. The lowest BCUT2D eigenvalue weighted by molar-refractivity contribution is -0.125. The fourth-order valence-corrected chi connectivity index (χ4v) is 3.25. The average Bonchev–Trinajstić information content (AvgIpc) is 2.97. The zero-order chi connectivity index (χ0) is 16.7. The predicted molar refractivity (Wildman–Crippen MR) is 84.5 cm³/mol. The number of hydrogen-bond acceptors (Lipinski definition) is 5. The van der Waals surface area contributed by atoms with Crippen molar-refractivity contribution >= 4 is 32.6 Å². The molecule has 1 aliphatic heterocycles. The van der Waals surface area contributed by atoms with Crippen molar-refractivity contribution in [1.82, 2.24) is 4.98 Å². The Kier molecular flexibility index (Phi) is 3.53. The molecule has 122 valence electrons. The zero-order valence-corrected chi connectivity index (χ0v) is 12.9. The molecule has 1 atom stereocenters. The number of carbonyl (C=O) groups excluding carboxylic acids is 1. The maximum Gasteiger partial charge on any atom is 0.270 e. The van der Waals surface area contributed by atoms with Crippen LogP contribution in [0.2, 0.25) is 0 Å². The Balaban J connectivity index is 1.54. The summed E-state index contributed by atoms with van der Waals surface area (Å²) in [5.74, 6) is -0.889. The largest absolute Gasteiger partial charge is 0.485 e. The van der Waals surface area contributed by atoms with Crippen LogP contribution in [0.1, 0.15) is 0 Å². The fourth-order valence-electron chi connectivity index (χ4n) is 2.35. The van der Waals surface area contributed by atoms with E-state index in [2.05, 4.69) is 10.3 Å². The molecule has 0 fully saturated rings. The van der Waals surface area contributed by atoms with E-state index in [4.69, 9.17) is 9.47 Å². The van der Waals surface area contributed by atoms with E-state index in [9.17, 15) is 13.6 Å². The van der Waals surface area contributed by atoms with Gasteiger partial charge in [-0.3, -0.25) is 10.1 Å². The molecule has 24 heavy (non-hydrogen) atoms. The number of thiazole rings is 1.